The molecule has 0 heterocycles. The molecule has 1 N–H and O–H groups in total. The fourth-order valence-electron chi connectivity index (χ4n) is 3.37. The summed E-state index contributed by atoms with van der Waals surface area (Å²) < 4.78 is 5.35. The number of nitrogens with zero attached hydrogens (tertiary/aromatic N) is 1. The van der Waals surface area contributed by atoms with Crippen molar-refractivity contribution in [1.82, 2.24) is 10.2 Å². The van der Waals surface area contributed by atoms with Crippen molar-refractivity contribution in [1.29, 1.82) is 0 Å². The summed E-state index contributed by atoms with van der Waals surface area (Å²) in [6.45, 7) is 8.23. The number of alkyl carbamates (subject to hydrolysis) is 1. The van der Waals surface area contributed by atoms with Gasteiger partial charge in [-0.2, -0.15) is 0 Å². The van der Waals surface area contributed by atoms with Crippen LogP contribution in [0.4, 0.5) is 4.79 Å². The molecule has 0 radical (unpaired) electrons. The highest BCUT2D eigenvalue weighted by Crippen LogP contribution is 2.25. The van der Waals surface area contributed by atoms with Crippen LogP contribution in [0.15, 0.2) is 30.3 Å². The van der Waals surface area contributed by atoms with E-state index in [0.29, 0.717) is 12.1 Å². The standard InChI is InChI=1S/C20H30N2O3/c1-5-22(18(23)15-10-7-6-8-11-15)17-13-9-12-16(14-17)21-19(24)25-20(2,3)4/h6-8,10-11,16-17H,5,9,12-14H2,1-4H3,(H,21,24)/t16-,17+/m1/s1. The highest BCUT2D eigenvalue weighted by atomic mass is 16.6. The lowest BCUT2D eigenvalue weighted by Gasteiger charge is -2.37. The predicted molar refractivity (Wildman–Crippen MR) is 98.6 cm³/mol. The molecular formula is C20H30N2O3. The van der Waals surface area contributed by atoms with Crippen molar-refractivity contribution in [2.75, 3.05) is 6.54 Å². The van der Waals surface area contributed by atoms with Crippen LogP contribution < -0.4 is 5.32 Å². The van der Waals surface area contributed by atoms with Crippen LogP contribution in [-0.2, 0) is 4.74 Å². The van der Waals surface area contributed by atoms with E-state index in [1.54, 1.807) is 0 Å². The van der Waals surface area contributed by atoms with Gasteiger partial charge in [-0.1, -0.05) is 18.2 Å². The molecule has 0 spiro atoms. The lowest BCUT2D eigenvalue weighted by atomic mass is 9.89. The van der Waals surface area contributed by atoms with E-state index in [-0.39, 0.29) is 24.1 Å². The van der Waals surface area contributed by atoms with Crippen LogP contribution in [0.5, 0.6) is 0 Å². The summed E-state index contributed by atoms with van der Waals surface area (Å²) in [6.07, 6.45) is 3.27. The van der Waals surface area contributed by atoms with Gasteiger partial charge in [0.2, 0.25) is 0 Å². The van der Waals surface area contributed by atoms with Gasteiger partial charge < -0.3 is 15.0 Å². The first-order valence-electron chi connectivity index (χ1n) is 9.15. The fraction of sp³-hybridized carbons (Fsp3) is 0.600. The minimum absolute atomic E-state index is 0.0474. The molecule has 1 aliphatic rings. The van der Waals surface area contributed by atoms with Gasteiger partial charge in [-0.3, -0.25) is 4.79 Å². The fourth-order valence-corrected chi connectivity index (χ4v) is 3.37. The van der Waals surface area contributed by atoms with Crippen LogP contribution in [0.3, 0.4) is 0 Å². The summed E-state index contributed by atoms with van der Waals surface area (Å²) >= 11 is 0. The van der Waals surface area contributed by atoms with Crippen molar-refractivity contribution >= 4 is 12.0 Å². The zero-order valence-electron chi connectivity index (χ0n) is 15.7. The molecule has 0 bridgehead atoms. The predicted octanol–water partition coefficient (Wildman–Crippen LogP) is 3.98. The third kappa shape index (κ3) is 5.76. The van der Waals surface area contributed by atoms with Crippen molar-refractivity contribution in [3.63, 3.8) is 0 Å². The second kappa shape index (κ2) is 8.37. The second-order valence-electron chi connectivity index (χ2n) is 7.62. The zero-order chi connectivity index (χ0) is 18.4. The Morgan fingerprint density at radius 3 is 2.48 bits per heavy atom. The first-order chi connectivity index (χ1) is 11.8. The molecule has 1 fully saturated rings. The first kappa shape index (κ1) is 19.3. The molecule has 0 aliphatic heterocycles. The largest absolute Gasteiger partial charge is 0.444 e. The van der Waals surface area contributed by atoms with Crippen LogP contribution in [0, 0.1) is 0 Å². The summed E-state index contributed by atoms with van der Waals surface area (Å²) in [5, 5.41) is 2.96. The molecule has 1 aromatic rings. The molecule has 1 aromatic carbocycles. The van der Waals surface area contributed by atoms with Crippen LogP contribution in [-0.4, -0.2) is 41.1 Å². The van der Waals surface area contributed by atoms with Crippen molar-refractivity contribution in [2.45, 2.75) is 71.1 Å². The first-order valence-corrected chi connectivity index (χ1v) is 9.15. The number of ether oxygens (including phenoxy) is 1. The van der Waals surface area contributed by atoms with Crippen LogP contribution in [0.2, 0.25) is 0 Å². The lowest BCUT2D eigenvalue weighted by molar-refractivity contribution is 0.0461. The number of nitrogens with one attached hydrogen (secondary N) is 1. The Morgan fingerprint density at radius 2 is 1.88 bits per heavy atom. The number of benzene rings is 1. The topological polar surface area (TPSA) is 58.6 Å². The number of carbonyl (C=O) groups is 2. The molecule has 1 aliphatic carbocycles. The highest BCUT2D eigenvalue weighted by molar-refractivity contribution is 5.94. The summed E-state index contributed by atoms with van der Waals surface area (Å²) in [5.74, 6) is 0.0611. The van der Waals surface area contributed by atoms with Crippen LogP contribution in [0.25, 0.3) is 0 Å². The van der Waals surface area contributed by atoms with E-state index in [4.69, 9.17) is 4.74 Å². The van der Waals surface area contributed by atoms with Gasteiger partial charge in [-0.25, -0.2) is 4.79 Å². The van der Waals surface area contributed by atoms with Crippen LogP contribution in [0.1, 0.15) is 63.7 Å². The number of hydrogen-bond donors (Lipinski definition) is 1. The Balaban J connectivity index is 1.98. The van der Waals surface area contributed by atoms with Crippen molar-refractivity contribution in [3.8, 4) is 0 Å². The SMILES string of the molecule is CCN(C(=O)c1ccccc1)[C@H]1CCC[C@@H](NC(=O)OC(C)(C)C)C1. The molecule has 25 heavy (non-hydrogen) atoms. The third-order valence-electron chi connectivity index (χ3n) is 4.43. The van der Waals surface area contributed by atoms with E-state index >= 15 is 0 Å². The average Bonchev–Trinajstić information content (AvgIpc) is 2.55. The van der Waals surface area contributed by atoms with Crippen molar-refractivity contribution in [2.24, 2.45) is 0 Å². The van der Waals surface area contributed by atoms with Gasteiger partial charge in [0.05, 0.1) is 0 Å². The van der Waals surface area contributed by atoms with Gasteiger partial charge in [0, 0.05) is 24.2 Å². The molecule has 1 saturated carbocycles. The van der Waals surface area contributed by atoms with Gasteiger partial charge >= 0.3 is 6.09 Å². The van der Waals surface area contributed by atoms with E-state index in [9.17, 15) is 9.59 Å². The van der Waals surface area contributed by atoms with Crippen molar-refractivity contribution < 1.29 is 14.3 Å². The maximum atomic E-state index is 12.8. The molecule has 2 atom stereocenters. The number of rotatable bonds is 4. The van der Waals surface area contributed by atoms with E-state index in [1.165, 1.54) is 0 Å². The summed E-state index contributed by atoms with van der Waals surface area (Å²) in [5.41, 5.74) is 0.211. The quantitative estimate of drug-likeness (QED) is 0.897. The maximum Gasteiger partial charge on any atom is 0.407 e. The monoisotopic (exact) mass is 346 g/mol. The molecule has 0 aromatic heterocycles. The molecule has 0 saturated heterocycles. The Kier molecular flexibility index (Phi) is 6.45. The minimum atomic E-state index is -0.503. The zero-order valence-corrected chi connectivity index (χ0v) is 15.7. The lowest BCUT2D eigenvalue weighted by Crippen LogP contribution is -2.48. The Labute approximate surface area is 150 Å². The van der Waals surface area contributed by atoms with Gasteiger partial charge in [0.1, 0.15) is 5.60 Å². The molecular weight excluding hydrogens is 316 g/mol. The normalized spacial score (nSPS) is 20.6. The van der Waals surface area contributed by atoms with Gasteiger partial charge in [0.15, 0.2) is 0 Å². The molecule has 2 amide bonds. The molecule has 5 heteroatoms. The van der Waals surface area contributed by atoms with Gasteiger partial charge in [0.25, 0.3) is 5.91 Å². The number of carbonyl (C=O) groups excluding carboxylic acids is 2. The molecule has 138 valence electrons. The Morgan fingerprint density at radius 1 is 1.20 bits per heavy atom. The van der Waals surface area contributed by atoms with Gasteiger partial charge in [-0.05, 0) is 65.5 Å². The van der Waals surface area contributed by atoms with E-state index in [2.05, 4.69) is 5.32 Å². The second-order valence-corrected chi connectivity index (χ2v) is 7.62. The van der Waals surface area contributed by atoms with Gasteiger partial charge in [-0.15, -0.1) is 0 Å². The summed E-state index contributed by atoms with van der Waals surface area (Å²) in [6, 6.07) is 9.57. The number of hydrogen-bond acceptors (Lipinski definition) is 3. The Bertz CT molecular complexity index is 580. The van der Waals surface area contributed by atoms with E-state index in [1.807, 2.05) is 62.9 Å². The Hall–Kier alpha value is -2.04. The maximum absolute atomic E-state index is 12.8. The molecule has 2 rings (SSSR count). The molecule has 0 unspecified atom stereocenters. The summed E-state index contributed by atoms with van der Waals surface area (Å²) in [7, 11) is 0. The average molecular weight is 346 g/mol. The van der Waals surface area contributed by atoms with E-state index < -0.39 is 5.60 Å². The van der Waals surface area contributed by atoms with Crippen LogP contribution >= 0.6 is 0 Å². The number of amides is 2. The molecule has 5 nitrogen and oxygen atoms in total. The van der Waals surface area contributed by atoms with Crippen molar-refractivity contribution in [3.05, 3.63) is 35.9 Å². The smallest absolute Gasteiger partial charge is 0.407 e. The minimum Gasteiger partial charge on any atom is -0.444 e. The summed E-state index contributed by atoms with van der Waals surface area (Å²) in [4.78, 5) is 26.7. The highest BCUT2D eigenvalue weighted by Gasteiger charge is 2.30. The third-order valence-corrected chi connectivity index (χ3v) is 4.43. The van der Waals surface area contributed by atoms with E-state index in [0.717, 1.165) is 25.7 Å².